The van der Waals surface area contributed by atoms with Gasteiger partial charge in [0.15, 0.2) is 0 Å². The molecule has 0 radical (unpaired) electrons. The maximum atomic E-state index is 13.7. The first-order valence-electron chi connectivity index (χ1n) is 13.2. The van der Waals surface area contributed by atoms with Crippen molar-refractivity contribution in [2.45, 2.75) is 85.9 Å². The van der Waals surface area contributed by atoms with E-state index in [-0.39, 0.29) is 24.3 Å². The molecule has 1 heterocycles. The Kier molecular flexibility index (Phi) is 10.7. The minimum absolute atomic E-state index is 0.0236. The van der Waals surface area contributed by atoms with E-state index >= 15 is 0 Å². The average Bonchev–Trinajstić information content (AvgIpc) is 3.26. The molecule has 2 amide bonds. The second kappa shape index (κ2) is 12.9. The van der Waals surface area contributed by atoms with Crippen molar-refractivity contribution in [1.29, 1.82) is 0 Å². The molecule has 1 aromatic carbocycles. The van der Waals surface area contributed by atoms with E-state index in [0.29, 0.717) is 5.57 Å². The molecule has 2 aromatic rings. The Hall–Kier alpha value is -2.71. The van der Waals surface area contributed by atoms with Crippen LogP contribution in [-0.4, -0.2) is 49.6 Å². The fourth-order valence-corrected chi connectivity index (χ4v) is 5.72. The molecule has 1 unspecified atom stereocenters. The molecule has 2 rings (SSSR count). The highest BCUT2D eigenvalue weighted by Gasteiger charge is 2.41. The number of ether oxygens (including phenoxy) is 1. The second-order valence-corrected chi connectivity index (χ2v) is 12.7. The van der Waals surface area contributed by atoms with Gasteiger partial charge in [0.1, 0.15) is 6.04 Å². The third-order valence-electron chi connectivity index (χ3n) is 6.92. The first-order valence-corrected chi connectivity index (χ1v) is 14.1. The number of hydrogen-bond acceptors (Lipinski definition) is 6. The van der Waals surface area contributed by atoms with Crippen LogP contribution in [-0.2, 0) is 24.5 Å². The molecule has 3 N–H and O–H groups in total. The summed E-state index contributed by atoms with van der Waals surface area (Å²) in [5.41, 5.74) is 0.418. The Morgan fingerprint density at radius 1 is 1.00 bits per heavy atom. The minimum atomic E-state index is -0.793. The molecule has 0 aliphatic carbocycles. The summed E-state index contributed by atoms with van der Waals surface area (Å²) < 4.78 is 6.26. The summed E-state index contributed by atoms with van der Waals surface area (Å²) in [6.45, 7) is 17.5. The summed E-state index contributed by atoms with van der Waals surface area (Å²) in [5, 5.41) is 12.5. The van der Waals surface area contributed by atoms with E-state index < -0.39 is 34.9 Å². The number of carbonyl (C=O) groups excluding carboxylic acids is 3. The summed E-state index contributed by atoms with van der Waals surface area (Å²) in [6, 6.07) is 6.41. The van der Waals surface area contributed by atoms with E-state index in [1.807, 2.05) is 60.6 Å². The third kappa shape index (κ3) is 7.44. The number of nitrogens with one attached hydrogen (secondary N) is 3. The van der Waals surface area contributed by atoms with Crippen molar-refractivity contribution in [2.24, 2.45) is 11.3 Å². The number of fused-ring (bicyclic) bond motifs is 1. The predicted octanol–water partition coefficient (Wildman–Crippen LogP) is 4.95. The monoisotopic (exact) mass is 543 g/mol. The molecule has 0 saturated carbocycles. The van der Waals surface area contributed by atoms with Gasteiger partial charge in [-0.05, 0) is 54.6 Å². The van der Waals surface area contributed by atoms with E-state index in [1.165, 1.54) is 4.70 Å². The van der Waals surface area contributed by atoms with Crippen molar-refractivity contribution in [1.82, 2.24) is 16.0 Å². The molecule has 0 fully saturated rings. The van der Waals surface area contributed by atoms with Gasteiger partial charge in [-0.1, -0.05) is 72.7 Å². The molecule has 0 spiro atoms. The molecule has 210 valence electrons. The maximum Gasteiger partial charge on any atom is 0.333 e. The van der Waals surface area contributed by atoms with E-state index in [0.717, 1.165) is 10.9 Å². The Morgan fingerprint density at radius 2 is 1.61 bits per heavy atom. The van der Waals surface area contributed by atoms with Gasteiger partial charge in [0.2, 0.25) is 11.8 Å². The lowest BCUT2D eigenvalue weighted by molar-refractivity contribution is -0.138. The molecule has 38 heavy (non-hydrogen) atoms. The zero-order valence-electron chi connectivity index (χ0n) is 24.5. The number of carbonyl (C=O) groups is 3. The number of rotatable bonds is 11. The van der Waals surface area contributed by atoms with Crippen LogP contribution in [0, 0.1) is 11.3 Å². The van der Waals surface area contributed by atoms with Crippen LogP contribution in [0.1, 0.15) is 67.9 Å². The maximum absolute atomic E-state index is 13.7. The van der Waals surface area contributed by atoms with Gasteiger partial charge in [0.25, 0.3) is 0 Å². The van der Waals surface area contributed by atoms with Crippen LogP contribution in [0.15, 0.2) is 41.3 Å². The number of hydrogen-bond donors (Lipinski definition) is 3. The van der Waals surface area contributed by atoms with Gasteiger partial charge < -0.3 is 20.7 Å². The van der Waals surface area contributed by atoms with Gasteiger partial charge in [-0.25, -0.2) is 4.79 Å². The van der Waals surface area contributed by atoms with Gasteiger partial charge in [-0.15, -0.1) is 11.3 Å². The first-order chi connectivity index (χ1) is 17.6. The Morgan fingerprint density at radius 3 is 2.16 bits per heavy atom. The zero-order chi connectivity index (χ0) is 28.8. The van der Waals surface area contributed by atoms with Gasteiger partial charge in [-0.2, -0.15) is 0 Å². The van der Waals surface area contributed by atoms with E-state index in [2.05, 4.69) is 33.5 Å². The molecular weight excluding hydrogens is 498 g/mol. The lowest BCUT2D eigenvalue weighted by Gasteiger charge is -2.37. The van der Waals surface area contributed by atoms with E-state index in [1.54, 1.807) is 38.3 Å². The lowest BCUT2D eigenvalue weighted by atomic mass is 9.76. The number of amides is 2. The van der Waals surface area contributed by atoms with Crippen LogP contribution in [0.4, 0.5) is 0 Å². The second-order valence-electron chi connectivity index (χ2n) is 11.7. The summed E-state index contributed by atoms with van der Waals surface area (Å²) in [4.78, 5) is 39.5. The Labute approximate surface area is 231 Å². The third-order valence-corrected chi connectivity index (χ3v) is 7.88. The van der Waals surface area contributed by atoms with Gasteiger partial charge in [0, 0.05) is 15.7 Å². The zero-order valence-corrected chi connectivity index (χ0v) is 25.3. The smallest absolute Gasteiger partial charge is 0.333 e. The van der Waals surface area contributed by atoms with Crippen molar-refractivity contribution in [3.05, 3.63) is 46.9 Å². The van der Waals surface area contributed by atoms with Crippen LogP contribution in [0.25, 0.3) is 10.1 Å². The van der Waals surface area contributed by atoms with E-state index in [9.17, 15) is 14.4 Å². The molecule has 0 aliphatic rings. The SMILES string of the molecule is CCOC(=O)/C(C)=C/[C@@H](NC(=O)[C@@H](NC(=O)C(NC)C(C)(C)c1csc2ccccc12)C(C)(C)C)C(C)C. The van der Waals surface area contributed by atoms with Crippen molar-refractivity contribution in [3.63, 3.8) is 0 Å². The Balaban J connectivity index is 2.32. The Bertz CT molecular complexity index is 1160. The van der Waals surface area contributed by atoms with E-state index in [4.69, 9.17) is 4.74 Å². The average molecular weight is 544 g/mol. The summed E-state index contributed by atoms with van der Waals surface area (Å²) in [7, 11) is 1.77. The fourth-order valence-electron chi connectivity index (χ4n) is 4.58. The van der Waals surface area contributed by atoms with Crippen LogP contribution in [0.2, 0.25) is 0 Å². The molecule has 0 saturated heterocycles. The lowest BCUT2D eigenvalue weighted by Crippen LogP contribution is -2.61. The molecule has 8 heteroatoms. The highest BCUT2D eigenvalue weighted by molar-refractivity contribution is 7.17. The summed E-state index contributed by atoms with van der Waals surface area (Å²) in [6.07, 6.45) is 1.73. The molecular formula is C30H45N3O4S. The molecule has 7 nitrogen and oxygen atoms in total. The van der Waals surface area contributed by atoms with Crippen molar-refractivity contribution < 1.29 is 19.1 Å². The molecule has 1 aromatic heterocycles. The van der Waals surface area contributed by atoms with Gasteiger partial charge in [-0.3, -0.25) is 9.59 Å². The standard InChI is InChI=1S/C30H45N3O4S/c1-11-37-28(36)19(4)16-22(18(2)3)32-26(34)24(29(5,6)7)33-27(35)25(31-10)30(8,9)21-17-38-23-15-13-12-14-20(21)23/h12-18,22,24-25,31H,11H2,1-10H3,(H,32,34)(H,33,35)/b19-16+/t22-,24-,25?/m1/s1. The van der Waals surface area contributed by atoms with Crippen LogP contribution in [0.3, 0.4) is 0 Å². The minimum Gasteiger partial charge on any atom is -0.463 e. The highest BCUT2D eigenvalue weighted by atomic mass is 32.1. The number of likely N-dealkylation sites (N-methyl/N-ethyl adjacent to an activating group) is 1. The van der Waals surface area contributed by atoms with Gasteiger partial charge >= 0.3 is 5.97 Å². The highest BCUT2D eigenvalue weighted by Crippen LogP contribution is 2.37. The van der Waals surface area contributed by atoms with Crippen molar-refractivity contribution >= 4 is 39.2 Å². The predicted molar refractivity (Wildman–Crippen MR) is 156 cm³/mol. The topological polar surface area (TPSA) is 96.5 Å². The molecule has 3 atom stereocenters. The van der Waals surface area contributed by atoms with Crippen LogP contribution < -0.4 is 16.0 Å². The number of esters is 1. The van der Waals surface area contributed by atoms with Crippen molar-refractivity contribution in [2.75, 3.05) is 13.7 Å². The first kappa shape index (κ1) is 31.5. The van der Waals surface area contributed by atoms with Crippen LogP contribution in [0.5, 0.6) is 0 Å². The quantitative estimate of drug-likeness (QED) is 0.275. The fraction of sp³-hybridized carbons (Fsp3) is 0.567. The van der Waals surface area contributed by atoms with Crippen LogP contribution >= 0.6 is 11.3 Å². The largest absolute Gasteiger partial charge is 0.463 e. The van der Waals surface area contributed by atoms with Crippen molar-refractivity contribution in [3.8, 4) is 0 Å². The van der Waals surface area contributed by atoms with Gasteiger partial charge in [0.05, 0.1) is 18.7 Å². The normalized spacial score (nSPS) is 15.2. The molecule has 0 aliphatic heterocycles. The summed E-state index contributed by atoms with van der Waals surface area (Å²) in [5.74, 6) is -0.933. The number of benzene rings is 1. The summed E-state index contributed by atoms with van der Waals surface area (Å²) >= 11 is 1.66. The molecule has 0 bridgehead atoms. The number of thiophene rings is 1.